The van der Waals surface area contributed by atoms with Crippen LogP contribution in [0.4, 0.5) is 0 Å². The SMILES string of the molecule is CC(C)(C)CSC=Cc1nc(C(C)(C)C)co1. The Labute approximate surface area is 109 Å². The second kappa shape index (κ2) is 5.30. The molecule has 1 rings (SSSR count). The molecule has 0 amide bonds. The monoisotopic (exact) mass is 253 g/mol. The standard InChI is InChI=1S/C14H23NOS/c1-13(2,3)10-17-8-7-12-15-11(9-16-12)14(4,5)6/h7-9H,10H2,1-6H3. The van der Waals surface area contributed by atoms with Crippen LogP contribution in [0.15, 0.2) is 16.1 Å². The first-order valence-corrected chi connectivity index (χ1v) is 6.97. The minimum Gasteiger partial charge on any atom is -0.445 e. The fourth-order valence-electron chi connectivity index (χ4n) is 1.11. The van der Waals surface area contributed by atoms with E-state index < -0.39 is 0 Å². The molecule has 0 saturated carbocycles. The van der Waals surface area contributed by atoms with Crippen molar-refractivity contribution in [3.05, 3.63) is 23.3 Å². The molecule has 1 heterocycles. The van der Waals surface area contributed by atoms with Gasteiger partial charge in [-0.1, -0.05) is 41.5 Å². The van der Waals surface area contributed by atoms with Gasteiger partial charge in [0, 0.05) is 17.2 Å². The van der Waals surface area contributed by atoms with Gasteiger partial charge in [0.25, 0.3) is 0 Å². The van der Waals surface area contributed by atoms with E-state index in [9.17, 15) is 0 Å². The molecule has 0 spiro atoms. The maximum absolute atomic E-state index is 5.41. The van der Waals surface area contributed by atoms with Crippen molar-refractivity contribution in [1.29, 1.82) is 0 Å². The predicted octanol–water partition coefficient (Wildman–Crippen LogP) is 4.72. The molecular weight excluding hydrogens is 230 g/mol. The molecule has 3 heteroatoms. The molecule has 0 aliphatic carbocycles. The molecule has 0 N–H and O–H groups in total. The molecular formula is C14H23NOS. The van der Waals surface area contributed by atoms with Crippen LogP contribution < -0.4 is 0 Å². The van der Waals surface area contributed by atoms with Crippen molar-refractivity contribution in [1.82, 2.24) is 4.98 Å². The third-order valence-corrected chi connectivity index (χ3v) is 3.47. The Bertz CT molecular complexity index is 380. The van der Waals surface area contributed by atoms with Crippen LogP contribution in [0.2, 0.25) is 0 Å². The lowest BCUT2D eigenvalue weighted by atomic mass is 9.93. The van der Waals surface area contributed by atoms with Gasteiger partial charge in [-0.15, -0.1) is 11.8 Å². The Morgan fingerprint density at radius 1 is 1.24 bits per heavy atom. The summed E-state index contributed by atoms with van der Waals surface area (Å²) in [5.74, 6) is 1.78. The van der Waals surface area contributed by atoms with Gasteiger partial charge in [-0.05, 0) is 10.8 Å². The van der Waals surface area contributed by atoms with E-state index in [4.69, 9.17) is 4.42 Å². The van der Waals surface area contributed by atoms with E-state index in [0.717, 1.165) is 11.4 Å². The minimum atomic E-state index is 0.0497. The van der Waals surface area contributed by atoms with Crippen LogP contribution >= 0.6 is 11.8 Å². The van der Waals surface area contributed by atoms with Crippen molar-refractivity contribution in [2.75, 3.05) is 5.75 Å². The lowest BCUT2D eigenvalue weighted by molar-refractivity contribution is 0.481. The number of hydrogen-bond donors (Lipinski definition) is 0. The molecule has 0 aliphatic heterocycles. The highest BCUT2D eigenvalue weighted by Crippen LogP contribution is 2.23. The normalized spacial score (nSPS) is 13.5. The van der Waals surface area contributed by atoms with E-state index >= 15 is 0 Å². The molecule has 96 valence electrons. The van der Waals surface area contributed by atoms with Gasteiger partial charge in [0.15, 0.2) is 0 Å². The Morgan fingerprint density at radius 3 is 2.35 bits per heavy atom. The van der Waals surface area contributed by atoms with Crippen molar-refractivity contribution in [2.24, 2.45) is 5.41 Å². The first-order chi connectivity index (χ1) is 7.68. The summed E-state index contributed by atoms with van der Waals surface area (Å²) in [5, 5.41) is 2.06. The first kappa shape index (κ1) is 14.4. The lowest BCUT2D eigenvalue weighted by Gasteiger charge is -2.15. The summed E-state index contributed by atoms with van der Waals surface area (Å²) in [6.07, 6.45) is 3.68. The van der Waals surface area contributed by atoms with Gasteiger partial charge in [-0.3, -0.25) is 0 Å². The summed E-state index contributed by atoms with van der Waals surface area (Å²) in [5.41, 5.74) is 1.40. The first-order valence-electron chi connectivity index (χ1n) is 5.93. The summed E-state index contributed by atoms with van der Waals surface area (Å²) in [7, 11) is 0. The quantitative estimate of drug-likeness (QED) is 0.779. The van der Waals surface area contributed by atoms with Gasteiger partial charge in [0.1, 0.15) is 6.26 Å². The van der Waals surface area contributed by atoms with Crippen LogP contribution in [0.25, 0.3) is 6.08 Å². The van der Waals surface area contributed by atoms with Crippen molar-refractivity contribution < 1.29 is 4.42 Å². The molecule has 0 bridgehead atoms. The highest BCUT2D eigenvalue weighted by molar-refractivity contribution is 8.02. The number of rotatable bonds is 3. The second-order valence-corrected chi connectivity index (χ2v) is 7.39. The molecule has 0 saturated heterocycles. The van der Waals surface area contributed by atoms with Crippen LogP contribution in [0.5, 0.6) is 0 Å². The Morgan fingerprint density at radius 2 is 1.88 bits per heavy atom. The topological polar surface area (TPSA) is 26.0 Å². The molecule has 1 aromatic rings. The van der Waals surface area contributed by atoms with E-state index in [0.29, 0.717) is 11.3 Å². The highest BCUT2D eigenvalue weighted by atomic mass is 32.2. The molecule has 17 heavy (non-hydrogen) atoms. The largest absolute Gasteiger partial charge is 0.445 e. The molecule has 0 aliphatic rings. The molecule has 0 unspecified atom stereocenters. The van der Waals surface area contributed by atoms with Crippen molar-refractivity contribution in [3.63, 3.8) is 0 Å². The zero-order valence-corrected chi connectivity index (χ0v) is 12.5. The third-order valence-electron chi connectivity index (χ3n) is 2.11. The molecule has 0 radical (unpaired) electrons. The summed E-state index contributed by atoms with van der Waals surface area (Å²) in [6, 6.07) is 0. The van der Waals surface area contributed by atoms with Crippen molar-refractivity contribution in [2.45, 2.75) is 47.0 Å². The van der Waals surface area contributed by atoms with Gasteiger partial charge in [-0.2, -0.15) is 0 Å². The number of oxazole rings is 1. The molecule has 0 atom stereocenters. The van der Waals surface area contributed by atoms with Crippen LogP contribution in [-0.4, -0.2) is 10.7 Å². The zero-order chi connectivity index (χ0) is 13.1. The number of hydrogen-bond acceptors (Lipinski definition) is 3. The Kier molecular flexibility index (Phi) is 4.48. The summed E-state index contributed by atoms with van der Waals surface area (Å²) >= 11 is 1.79. The van der Waals surface area contributed by atoms with Gasteiger partial charge >= 0.3 is 0 Å². The van der Waals surface area contributed by atoms with Crippen molar-refractivity contribution >= 4 is 17.8 Å². The van der Waals surface area contributed by atoms with Gasteiger partial charge in [-0.25, -0.2) is 4.98 Å². The summed E-state index contributed by atoms with van der Waals surface area (Å²) < 4.78 is 5.41. The molecule has 1 aromatic heterocycles. The van der Waals surface area contributed by atoms with Crippen LogP contribution in [0, 0.1) is 5.41 Å². The maximum atomic E-state index is 5.41. The fourth-order valence-corrected chi connectivity index (χ4v) is 1.92. The highest BCUT2D eigenvalue weighted by Gasteiger charge is 2.17. The molecule has 0 fully saturated rings. The number of aromatic nitrogens is 1. The molecule has 0 aromatic carbocycles. The van der Waals surface area contributed by atoms with Gasteiger partial charge in [0.05, 0.1) is 5.69 Å². The van der Waals surface area contributed by atoms with Gasteiger partial charge in [0.2, 0.25) is 5.89 Å². The smallest absolute Gasteiger partial charge is 0.219 e. The van der Waals surface area contributed by atoms with Gasteiger partial charge < -0.3 is 4.42 Å². The Balaban J connectivity index is 2.53. The second-order valence-electron chi connectivity index (χ2n) is 6.50. The lowest BCUT2D eigenvalue weighted by Crippen LogP contribution is -2.11. The predicted molar refractivity (Wildman–Crippen MR) is 76.2 cm³/mol. The van der Waals surface area contributed by atoms with E-state index in [2.05, 4.69) is 51.9 Å². The van der Waals surface area contributed by atoms with Crippen LogP contribution in [0.1, 0.15) is 53.1 Å². The third kappa shape index (κ3) is 5.44. The fraction of sp³-hybridized carbons (Fsp3) is 0.643. The maximum Gasteiger partial charge on any atom is 0.219 e. The van der Waals surface area contributed by atoms with Crippen molar-refractivity contribution in [3.8, 4) is 0 Å². The summed E-state index contributed by atoms with van der Waals surface area (Å²) in [4.78, 5) is 4.45. The van der Waals surface area contributed by atoms with Crippen LogP contribution in [0.3, 0.4) is 0 Å². The minimum absolute atomic E-state index is 0.0497. The van der Waals surface area contributed by atoms with E-state index in [1.54, 1.807) is 18.0 Å². The number of thioether (sulfide) groups is 1. The van der Waals surface area contributed by atoms with E-state index in [1.165, 1.54) is 0 Å². The Hall–Kier alpha value is -0.700. The molecule has 2 nitrogen and oxygen atoms in total. The number of nitrogens with zero attached hydrogens (tertiary/aromatic N) is 1. The summed E-state index contributed by atoms with van der Waals surface area (Å²) in [6.45, 7) is 13.1. The average Bonchev–Trinajstić information content (AvgIpc) is 2.58. The average molecular weight is 253 g/mol. The van der Waals surface area contributed by atoms with Crippen LogP contribution in [-0.2, 0) is 5.41 Å². The zero-order valence-electron chi connectivity index (χ0n) is 11.7. The van der Waals surface area contributed by atoms with E-state index in [1.807, 2.05) is 6.08 Å². The van der Waals surface area contributed by atoms with E-state index in [-0.39, 0.29) is 5.41 Å².